The van der Waals surface area contributed by atoms with Gasteiger partial charge in [-0.1, -0.05) is 6.07 Å². The van der Waals surface area contributed by atoms with Crippen LogP contribution in [-0.2, 0) is 0 Å². The van der Waals surface area contributed by atoms with Crippen molar-refractivity contribution in [3.05, 3.63) is 51.7 Å². The van der Waals surface area contributed by atoms with Crippen molar-refractivity contribution in [2.45, 2.75) is 6.92 Å². The maximum atomic E-state index is 12.4. The van der Waals surface area contributed by atoms with Crippen LogP contribution in [0.25, 0.3) is 5.57 Å². The number of nitrogens with zero attached hydrogens (tertiary/aromatic N) is 2. The highest BCUT2D eigenvalue weighted by Gasteiger charge is 2.33. The van der Waals surface area contributed by atoms with E-state index in [4.69, 9.17) is 9.47 Å². The number of carbonyl (C=O) groups is 1. The summed E-state index contributed by atoms with van der Waals surface area (Å²) in [7, 11) is 1.48. The third-order valence-corrected chi connectivity index (χ3v) is 3.31. The van der Waals surface area contributed by atoms with Crippen molar-refractivity contribution in [3.8, 4) is 11.5 Å². The maximum absolute atomic E-state index is 12.4. The van der Waals surface area contributed by atoms with E-state index >= 15 is 0 Å². The first-order valence-corrected chi connectivity index (χ1v) is 6.33. The highest BCUT2D eigenvalue weighted by atomic mass is 16.6. The Balaban J connectivity index is 2.05. The molecule has 0 spiro atoms. The molecule has 0 amide bonds. The minimum atomic E-state index is -0.594. The number of aromatic nitrogens is 2. The Morgan fingerprint density at radius 3 is 2.86 bits per heavy atom. The van der Waals surface area contributed by atoms with Crippen molar-refractivity contribution in [1.29, 1.82) is 0 Å². The monoisotopic (exact) mass is 301 g/mol. The molecule has 2 aromatic rings. The number of ketones is 1. The highest BCUT2D eigenvalue weighted by Crippen LogP contribution is 2.40. The number of allylic oxidation sites excluding steroid dienone is 2. The van der Waals surface area contributed by atoms with E-state index in [0.717, 1.165) is 6.20 Å². The zero-order chi connectivity index (χ0) is 15.9. The van der Waals surface area contributed by atoms with Gasteiger partial charge in [0, 0.05) is 0 Å². The Labute approximate surface area is 124 Å². The number of aromatic amines is 1. The molecule has 1 aliphatic rings. The van der Waals surface area contributed by atoms with Gasteiger partial charge in [0.2, 0.25) is 11.6 Å². The number of carbonyl (C=O) groups excluding carboxylic acids is 1. The van der Waals surface area contributed by atoms with Gasteiger partial charge in [0.25, 0.3) is 0 Å². The Kier molecular flexibility index (Phi) is 3.13. The molecule has 1 aromatic carbocycles. The van der Waals surface area contributed by atoms with Crippen LogP contribution >= 0.6 is 0 Å². The number of benzene rings is 1. The minimum Gasteiger partial charge on any atom is -0.493 e. The van der Waals surface area contributed by atoms with Crippen molar-refractivity contribution in [1.82, 2.24) is 9.97 Å². The first-order chi connectivity index (χ1) is 10.5. The van der Waals surface area contributed by atoms with Crippen LogP contribution in [-0.4, -0.2) is 27.8 Å². The van der Waals surface area contributed by atoms with Crippen LogP contribution in [0.15, 0.2) is 30.2 Å². The Bertz CT molecular complexity index is 822. The lowest BCUT2D eigenvalue weighted by Gasteiger charge is -2.05. The number of methoxy groups -OCH3 is 1. The molecular formula is C14H11N3O5. The SMILES string of the molecule is COc1cccc2c1O/C(=C(/C)c1ncc([N+](=O)[O-])[nH]1)C2=O. The summed E-state index contributed by atoms with van der Waals surface area (Å²) in [6.07, 6.45) is 1.09. The summed E-state index contributed by atoms with van der Waals surface area (Å²) in [6, 6.07) is 5.00. The van der Waals surface area contributed by atoms with Gasteiger partial charge < -0.3 is 19.6 Å². The van der Waals surface area contributed by atoms with E-state index in [-0.39, 0.29) is 23.2 Å². The molecular weight excluding hydrogens is 290 g/mol. The molecule has 8 heteroatoms. The second kappa shape index (κ2) is 4.99. The average Bonchev–Trinajstić information content (AvgIpc) is 3.12. The first-order valence-electron chi connectivity index (χ1n) is 6.33. The molecule has 0 unspecified atom stereocenters. The Morgan fingerprint density at radius 1 is 1.45 bits per heavy atom. The van der Waals surface area contributed by atoms with E-state index in [1.165, 1.54) is 7.11 Å². The fraction of sp³-hybridized carbons (Fsp3) is 0.143. The molecule has 22 heavy (non-hydrogen) atoms. The lowest BCUT2D eigenvalue weighted by atomic mass is 10.1. The second-order valence-corrected chi connectivity index (χ2v) is 4.60. The van der Waals surface area contributed by atoms with E-state index < -0.39 is 4.92 Å². The topological polar surface area (TPSA) is 107 Å². The van der Waals surface area contributed by atoms with Crippen molar-refractivity contribution in [2.75, 3.05) is 7.11 Å². The van der Waals surface area contributed by atoms with Gasteiger partial charge in [-0.15, -0.1) is 0 Å². The molecule has 0 atom stereocenters. The fourth-order valence-electron chi connectivity index (χ4n) is 2.18. The second-order valence-electron chi connectivity index (χ2n) is 4.60. The summed E-state index contributed by atoms with van der Waals surface area (Å²) in [5.41, 5.74) is 0.770. The number of hydrogen-bond donors (Lipinski definition) is 1. The molecule has 0 saturated carbocycles. The van der Waals surface area contributed by atoms with E-state index in [2.05, 4.69) is 9.97 Å². The van der Waals surface area contributed by atoms with Gasteiger partial charge >= 0.3 is 5.82 Å². The molecule has 0 saturated heterocycles. The van der Waals surface area contributed by atoms with Crippen LogP contribution in [0.3, 0.4) is 0 Å². The highest BCUT2D eigenvalue weighted by molar-refractivity contribution is 6.16. The van der Waals surface area contributed by atoms with E-state index in [9.17, 15) is 14.9 Å². The standard InChI is InChI=1S/C14H11N3O5/c1-7(14-15-6-10(16-14)17(19)20)12-11(18)8-4-3-5-9(21-2)13(8)22-12/h3-6H,1-2H3,(H,15,16)/b12-7-. The summed E-state index contributed by atoms with van der Waals surface area (Å²) < 4.78 is 10.8. The van der Waals surface area contributed by atoms with Crippen LogP contribution in [0.5, 0.6) is 11.5 Å². The summed E-state index contributed by atoms with van der Waals surface area (Å²) in [4.78, 5) is 28.9. The third kappa shape index (κ3) is 2.01. The third-order valence-electron chi connectivity index (χ3n) is 3.31. The van der Waals surface area contributed by atoms with Crippen LogP contribution in [0.2, 0.25) is 0 Å². The Morgan fingerprint density at radius 2 is 2.23 bits per heavy atom. The molecule has 0 fully saturated rings. The number of nitro groups is 1. The number of fused-ring (bicyclic) bond motifs is 1. The van der Waals surface area contributed by atoms with Gasteiger partial charge in [-0.3, -0.25) is 4.79 Å². The maximum Gasteiger partial charge on any atom is 0.340 e. The quantitative estimate of drug-likeness (QED) is 0.529. The van der Waals surface area contributed by atoms with Gasteiger partial charge in [0.05, 0.1) is 18.2 Å². The van der Waals surface area contributed by atoms with Gasteiger partial charge in [-0.2, -0.15) is 0 Å². The predicted octanol–water partition coefficient (Wildman–Crippen LogP) is 2.33. The number of hydrogen-bond acceptors (Lipinski definition) is 6. The molecule has 1 aromatic heterocycles. The molecule has 112 valence electrons. The fourth-order valence-corrected chi connectivity index (χ4v) is 2.18. The first kappa shape index (κ1) is 13.8. The number of para-hydroxylation sites is 1. The molecule has 3 rings (SSSR count). The molecule has 0 bridgehead atoms. The number of nitrogens with one attached hydrogen (secondary N) is 1. The summed E-state index contributed by atoms with van der Waals surface area (Å²) >= 11 is 0. The van der Waals surface area contributed by atoms with Crippen LogP contribution in [0.1, 0.15) is 23.1 Å². The largest absolute Gasteiger partial charge is 0.493 e. The van der Waals surface area contributed by atoms with Crippen LogP contribution in [0.4, 0.5) is 5.82 Å². The molecule has 8 nitrogen and oxygen atoms in total. The molecule has 1 aliphatic heterocycles. The zero-order valence-corrected chi connectivity index (χ0v) is 11.7. The van der Waals surface area contributed by atoms with E-state index in [1.54, 1.807) is 25.1 Å². The lowest BCUT2D eigenvalue weighted by molar-refractivity contribution is -0.389. The van der Waals surface area contributed by atoms with E-state index in [1.807, 2.05) is 0 Å². The average molecular weight is 301 g/mol. The number of imidazole rings is 1. The van der Waals surface area contributed by atoms with Crippen molar-refractivity contribution >= 4 is 17.2 Å². The number of rotatable bonds is 3. The minimum absolute atomic E-state index is 0.0729. The lowest BCUT2D eigenvalue weighted by Crippen LogP contribution is -2.02. The predicted molar refractivity (Wildman–Crippen MR) is 75.8 cm³/mol. The van der Waals surface area contributed by atoms with Gasteiger partial charge in [0.1, 0.15) is 6.20 Å². The van der Waals surface area contributed by atoms with Gasteiger partial charge in [0.15, 0.2) is 17.3 Å². The van der Waals surface area contributed by atoms with Crippen LogP contribution < -0.4 is 9.47 Å². The molecule has 0 radical (unpaired) electrons. The summed E-state index contributed by atoms with van der Waals surface area (Å²) in [5, 5.41) is 10.7. The zero-order valence-electron chi connectivity index (χ0n) is 11.7. The van der Waals surface area contributed by atoms with Crippen molar-refractivity contribution < 1.29 is 19.2 Å². The van der Waals surface area contributed by atoms with E-state index in [0.29, 0.717) is 22.6 Å². The Hall–Kier alpha value is -3.16. The molecule has 1 N–H and O–H groups in total. The molecule has 2 heterocycles. The molecule has 0 aliphatic carbocycles. The number of Topliss-reactive ketones (excluding diaryl/α,β-unsaturated/α-hetero) is 1. The summed E-state index contributed by atoms with van der Waals surface area (Å²) in [5.74, 6) is 0.496. The van der Waals surface area contributed by atoms with Gasteiger partial charge in [-0.25, -0.2) is 9.97 Å². The summed E-state index contributed by atoms with van der Waals surface area (Å²) in [6.45, 7) is 1.61. The van der Waals surface area contributed by atoms with Crippen LogP contribution in [0, 0.1) is 10.1 Å². The normalized spacial score (nSPS) is 15.3. The van der Waals surface area contributed by atoms with Crippen molar-refractivity contribution in [3.63, 3.8) is 0 Å². The smallest absolute Gasteiger partial charge is 0.340 e. The number of ether oxygens (including phenoxy) is 2. The van der Waals surface area contributed by atoms with Crippen molar-refractivity contribution in [2.24, 2.45) is 0 Å². The van der Waals surface area contributed by atoms with Gasteiger partial charge in [-0.05, 0) is 24.0 Å². The number of H-pyrrole nitrogens is 1.